The van der Waals surface area contributed by atoms with E-state index in [2.05, 4.69) is 4.98 Å². The van der Waals surface area contributed by atoms with Crippen LogP contribution in [0.25, 0.3) is 0 Å². The Kier molecular flexibility index (Phi) is 5.31. The van der Waals surface area contributed by atoms with Crippen molar-refractivity contribution in [3.63, 3.8) is 0 Å². The Labute approximate surface area is 156 Å². The molecule has 1 fully saturated rings. The Balaban J connectivity index is 1.89. The van der Waals surface area contributed by atoms with E-state index in [0.29, 0.717) is 6.07 Å². The first kappa shape index (κ1) is 19.8. The molecule has 2 heterocycles. The van der Waals surface area contributed by atoms with Gasteiger partial charge in [0.2, 0.25) is 0 Å². The fourth-order valence-corrected chi connectivity index (χ4v) is 5.12. The van der Waals surface area contributed by atoms with Gasteiger partial charge in [-0.25, -0.2) is 8.42 Å². The summed E-state index contributed by atoms with van der Waals surface area (Å²) in [5.74, 6) is 0. The van der Waals surface area contributed by atoms with Crippen molar-refractivity contribution in [3.05, 3.63) is 58.9 Å². The average Bonchev–Trinajstić information content (AvgIpc) is 2.61. The molecule has 4 nitrogen and oxygen atoms in total. The Morgan fingerprint density at radius 3 is 2.56 bits per heavy atom. The van der Waals surface area contributed by atoms with Gasteiger partial charge in [-0.05, 0) is 51.0 Å². The number of sulfone groups is 1. The first-order valence-electron chi connectivity index (χ1n) is 8.56. The standard InChI is InChI=1S/C19H20F3NO3S/c1-12-6-7-17(13(2)23-12)18-11-16(8-9-26-18)27(24,25)15-5-3-4-14(10-15)19(20,21)22/h3-7,10,16,18H,8-9,11H2,1-2H3. The van der Waals surface area contributed by atoms with Gasteiger partial charge in [0.25, 0.3) is 0 Å². The van der Waals surface area contributed by atoms with Gasteiger partial charge < -0.3 is 4.74 Å². The summed E-state index contributed by atoms with van der Waals surface area (Å²) in [5.41, 5.74) is 1.45. The van der Waals surface area contributed by atoms with Crippen LogP contribution in [0, 0.1) is 13.8 Å². The van der Waals surface area contributed by atoms with Crippen molar-refractivity contribution in [1.29, 1.82) is 0 Å². The maximum Gasteiger partial charge on any atom is 0.416 e. The van der Waals surface area contributed by atoms with Gasteiger partial charge in [-0.3, -0.25) is 4.98 Å². The van der Waals surface area contributed by atoms with Crippen molar-refractivity contribution < 1.29 is 26.3 Å². The van der Waals surface area contributed by atoms with E-state index in [0.717, 1.165) is 29.1 Å². The number of pyridine rings is 1. The van der Waals surface area contributed by atoms with Crippen molar-refractivity contribution in [2.45, 2.75) is 49.1 Å². The molecule has 1 aliphatic heterocycles. The fourth-order valence-electron chi connectivity index (χ4n) is 3.34. The molecule has 2 unspecified atom stereocenters. The number of ether oxygens (including phenoxy) is 1. The van der Waals surface area contributed by atoms with E-state index in [1.54, 1.807) is 0 Å². The van der Waals surface area contributed by atoms with Crippen LogP contribution in [0.4, 0.5) is 13.2 Å². The largest absolute Gasteiger partial charge is 0.416 e. The van der Waals surface area contributed by atoms with Crippen molar-refractivity contribution in [2.75, 3.05) is 6.61 Å². The molecule has 27 heavy (non-hydrogen) atoms. The highest BCUT2D eigenvalue weighted by Crippen LogP contribution is 2.36. The maximum atomic E-state index is 12.9. The predicted molar refractivity (Wildman–Crippen MR) is 94.1 cm³/mol. The molecule has 0 bridgehead atoms. The van der Waals surface area contributed by atoms with Gasteiger partial charge in [-0.1, -0.05) is 12.1 Å². The molecule has 0 aliphatic carbocycles. The van der Waals surface area contributed by atoms with Crippen molar-refractivity contribution in [2.24, 2.45) is 0 Å². The summed E-state index contributed by atoms with van der Waals surface area (Å²) >= 11 is 0. The molecule has 146 valence electrons. The van der Waals surface area contributed by atoms with E-state index in [-0.39, 0.29) is 24.3 Å². The van der Waals surface area contributed by atoms with Crippen LogP contribution in [0.1, 0.15) is 41.5 Å². The molecular weight excluding hydrogens is 379 g/mol. The number of alkyl halides is 3. The van der Waals surface area contributed by atoms with Gasteiger partial charge in [-0.2, -0.15) is 13.2 Å². The molecule has 1 aromatic carbocycles. The molecule has 1 saturated heterocycles. The lowest BCUT2D eigenvalue weighted by atomic mass is 10.00. The number of aromatic nitrogens is 1. The molecule has 3 rings (SSSR count). The van der Waals surface area contributed by atoms with E-state index in [4.69, 9.17) is 4.74 Å². The number of aryl methyl sites for hydroxylation is 2. The van der Waals surface area contributed by atoms with Crippen LogP contribution in [0.2, 0.25) is 0 Å². The zero-order chi connectivity index (χ0) is 19.8. The summed E-state index contributed by atoms with van der Waals surface area (Å²) in [7, 11) is -3.91. The Bertz CT molecular complexity index is 941. The molecule has 1 aliphatic rings. The lowest BCUT2D eigenvalue weighted by molar-refractivity contribution is -0.137. The minimum Gasteiger partial charge on any atom is -0.373 e. The molecular formula is C19H20F3NO3S. The predicted octanol–water partition coefficient (Wildman–Crippen LogP) is 4.41. The monoisotopic (exact) mass is 399 g/mol. The minimum atomic E-state index is -4.59. The van der Waals surface area contributed by atoms with Crippen molar-refractivity contribution in [1.82, 2.24) is 4.98 Å². The van der Waals surface area contributed by atoms with E-state index in [9.17, 15) is 21.6 Å². The number of hydrogen-bond donors (Lipinski definition) is 0. The topological polar surface area (TPSA) is 56.3 Å². The molecule has 2 aromatic rings. The third-order valence-corrected chi connectivity index (χ3v) is 6.99. The van der Waals surface area contributed by atoms with Crippen molar-refractivity contribution >= 4 is 9.84 Å². The summed E-state index contributed by atoms with van der Waals surface area (Å²) < 4.78 is 70.4. The summed E-state index contributed by atoms with van der Waals surface area (Å²) in [6.45, 7) is 3.91. The zero-order valence-electron chi connectivity index (χ0n) is 15.0. The van der Waals surface area contributed by atoms with Gasteiger partial charge in [-0.15, -0.1) is 0 Å². The first-order chi connectivity index (χ1) is 12.6. The summed E-state index contributed by atoms with van der Waals surface area (Å²) in [6, 6.07) is 7.61. The Hall–Kier alpha value is -1.93. The molecule has 8 heteroatoms. The average molecular weight is 399 g/mol. The van der Waals surface area contributed by atoms with E-state index in [1.165, 1.54) is 6.07 Å². The van der Waals surface area contributed by atoms with Crippen LogP contribution in [0.15, 0.2) is 41.3 Å². The lowest BCUT2D eigenvalue weighted by Gasteiger charge is -2.30. The number of nitrogens with zero attached hydrogens (tertiary/aromatic N) is 1. The molecule has 0 N–H and O–H groups in total. The highest BCUT2D eigenvalue weighted by molar-refractivity contribution is 7.92. The highest BCUT2D eigenvalue weighted by atomic mass is 32.2. The summed E-state index contributed by atoms with van der Waals surface area (Å²) in [6.07, 6.45) is -4.61. The van der Waals surface area contributed by atoms with E-state index in [1.807, 2.05) is 26.0 Å². The number of rotatable bonds is 3. The van der Waals surface area contributed by atoms with Crippen LogP contribution in [-0.2, 0) is 20.8 Å². The zero-order valence-corrected chi connectivity index (χ0v) is 15.8. The van der Waals surface area contributed by atoms with Crippen LogP contribution in [0.5, 0.6) is 0 Å². The summed E-state index contributed by atoms with van der Waals surface area (Å²) in [4.78, 5) is 4.07. The number of halogens is 3. The quantitative estimate of drug-likeness (QED) is 0.767. The third-order valence-electron chi connectivity index (χ3n) is 4.78. The second-order valence-corrected chi connectivity index (χ2v) is 8.93. The normalized spacial score (nSPS) is 21.2. The minimum absolute atomic E-state index is 0.185. The van der Waals surface area contributed by atoms with Gasteiger partial charge >= 0.3 is 6.18 Å². The number of hydrogen-bond acceptors (Lipinski definition) is 4. The van der Waals surface area contributed by atoms with Gasteiger partial charge in [0.15, 0.2) is 9.84 Å². The molecule has 0 amide bonds. The molecule has 1 aromatic heterocycles. The second-order valence-electron chi connectivity index (χ2n) is 6.70. The van der Waals surface area contributed by atoms with Crippen LogP contribution in [-0.4, -0.2) is 25.3 Å². The van der Waals surface area contributed by atoms with Gasteiger partial charge in [0.05, 0.1) is 21.8 Å². The highest BCUT2D eigenvalue weighted by Gasteiger charge is 2.37. The molecule has 0 radical (unpaired) electrons. The van der Waals surface area contributed by atoms with E-state index >= 15 is 0 Å². The van der Waals surface area contributed by atoms with Crippen LogP contribution in [0.3, 0.4) is 0 Å². The van der Waals surface area contributed by atoms with Gasteiger partial charge in [0.1, 0.15) is 0 Å². The van der Waals surface area contributed by atoms with Crippen LogP contribution >= 0.6 is 0 Å². The Morgan fingerprint density at radius 2 is 1.89 bits per heavy atom. The molecule has 0 saturated carbocycles. The Morgan fingerprint density at radius 1 is 1.15 bits per heavy atom. The first-order valence-corrected chi connectivity index (χ1v) is 10.1. The summed E-state index contributed by atoms with van der Waals surface area (Å²) in [5, 5.41) is -0.805. The maximum absolute atomic E-state index is 12.9. The van der Waals surface area contributed by atoms with Crippen molar-refractivity contribution in [3.8, 4) is 0 Å². The van der Waals surface area contributed by atoms with E-state index < -0.39 is 32.9 Å². The third kappa shape index (κ3) is 4.16. The molecule has 0 spiro atoms. The lowest BCUT2D eigenvalue weighted by Crippen LogP contribution is -2.31. The van der Waals surface area contributed by atoms with Crippen LogP contribution < -0.4 is 0 Å². The van der Waals surface area contributed by atoms with Gasteiger partial charge in [0, 0.05) is 23.6 Å². The SMILES string of the molecule is Cc1ccc(C2CC(S(=O)(=O)c3cccc(C(F)(F)F)c3)CCO2)c(C)n1. The smallest absolute Gasteiger partial charge is 0.373 e. The second kappa shape index (κ2) is 7.24. The fraction of sp³-hybridized carbons (Fsp3) is 0.421. The molecule has 2 atom stereocenters. The number of benzene rings is 1.